The van der Waals surface area contributed by atoms with Crippen molar-refractivity contribution >= 4 is 11.6 Å². The minimum atomic E-state index is -4.33. The van der Waals surface area contributed by atoms with E-state index in [1.807, 2.05) is 0 Å². The van der Waals surface area contributed by atoms with Crippen LogP contribution in [0.15, 0.2) is 36.4 Å². The lowest BCUT2D eigenvalue weighted by Crippen LogP contribution is -2.19. The summed E-state index contributed by atoms with van der Waals surface area (Å²) in [5.74, 6) is -1.08. The van der Waals surface area contributed by atoms with Crippen molar-refractivity contribution in [3.63, 3.8) is 0 Å². The summed E-state index contributed by atoms with van der Waals surface area (Å²) in [5.41, 5.74) is 1.54. The fraction of sp³-hybridized carbons (Fsp3) is 0.200. The average molecular weight is 299 g/mol. The van der Waals surface area contributed by atoms with Crippen molar-refractivity contribution < 1.29 is 17.9 Å². The fourth-order valence-electron chi connectivity index (χ4n) is 2.68. The largest absolute Gasteiger partial charge is 0.497 e. The van der Waals surface area contributed by atoms with Gasteiger partial charge in [-0.15, -0.1) is 0 Å². The van der Waals surface area contributed by atoms with E-state index in [1.165, 1.54) is 25.3 Å². The third-order valence-electron chi connectivity index (χ3n) is 3.52. The third-order valence-corrected chi connectivity index (χ3v) is 3.75. The number of hydrogen-bond donors (Lipinski definition) is 0. The van der Waals surface area contributed by atoms with Crippen molar-refractivity contribution in [2.24, 2.45) is 0 Å². The topological polar surface area (TPSA) is 9.23 Å². The summed E-state index contributed by atoms with van der Waals surface area (Å²) >= 11 is 5.91. The molecule has 1 unspecified atom stereocenters. The Balaban J connectivity index is 2.29. The zero-order chi connectivity index (χ0) is 14.5. The molecule has 0 saturated heterocycles. The van der Waals surface area contributed by atoms with Crippen LogP contribution in [0.4, 0.5) is 13.2 Å². The number of halogens is 4. The van der Waals surface area contributed by atoms with Crippen LogP contribution in [0.25, 0.3) is 11.1 Å². The standard InChI is InChI=1S/C15H10ClF3O/c1-20-9-3-5-11-13(7-9)12-6-8(16)2-4-10(12)14(11)15(17,18)19/h2-7,14H,1H3. The number of rotatable bonds is 1. The lowest BCUT2D eigenvalue weighted by molar-refractivity contribution is -0.140. The second kappa shape index (κ2) is 4.42. The van der Waals surface area contributed by atoms with Crippen LogP contribution in [0.5, 0.6) is 5.75 Å². The average Bonchev–Trinajstić information content (AvgIpc) is 2.71. The Labute approximate surface area is 118 Å². The summed E-state index contributed by atoms with van der Waals surface area (Å²) in [5, 5.41) is 0.417. The summed E-state index contributed by atoms with van der Waals surface area (Å²) in [7, 11) is 1.48. The second-order valence-electron chi connectivity index (χ2n) is 4.66. The Bertz CT molecular complexity index is 679. The molecule has 0 bridgehead atoms. The van der Waals surface area contributed by atoms with Crippen molar-refractivity contribution in [1.29, 1.82) is 0 Å². The summed E-state index contributed by atoms with van der Waals surface area (Å²) in [6.45, 7) is 0. The molecule has 104 valence electrons. The molecule has 0 heterocycles. The Morgan fingerprint density at radius 2 is 1.60 bits per heavy atom. The van der Waals surface area contributed by atoms with E-state index < -0.39 is 12.1 Å². The summed E-state index contributed by atoms with van der Waals surface area (Å²) < 4.78 is 45.1. The summed E-state index contributed by atoms with van der Waals surface area (Å²) in [4.78, 5) is 0. The molecule has 0 fully saturated rings. The molecule has 0 aliphatic heterocycles. The van der Waals surface area contributed by atoms with Gasteiger partial charge >= 0.3 is 6.18 Å². The van der Waals surface area contributed by atoms with E-state index in [0.29, 0.717) is 21.9 Å². The molecular weight excluding hydrogens is 289 g/mol. The molecule has 0 saturated carbocycles. The molecule has 1 atom stereocenters. The maximum absolute atomic E-state index is 13.3. The van der Waals surface area contributed by atoms with E-state index in [9.17, 15) is 13.2 Å². The highest BCUT2D eigenvalue weighted by molar-refractivity contribution is 6.31. The van der Waals surface area contributed by atoms with Crippen molar-refractivity contribution in [2.45, 2.75) is 12.1 Å². The van der Waals surface area contributed by atoms with Gasteiger partial charge in [-0.3, -0.25) is 0 Å². The van der Waals surface area contributed by atoms with Crippen LogP contribution in [0, 0.1) is 0 Å². The first-order chi connectivity index (χ1) is 9.41. The van der Waals surface area contributed by atoms with Crippen molar-refractivity contribution in [1.82, 2.24) is 0 Å². The number of hydrogen-bond acceptors (Lipinski definition) is 1. The predicted molar refractivity (Wildman–Crippen MR) is 71.3 cm³/mol. The first-order valence-electron chi connectivity index (χ1n) is 5.96. The summed E-state index contributed by atoms with van der Waals surface area (Å²) in [6, 6.07) is 9.15. The molecule has 0 N–H and O–H groups in total. The molecule has 0 spiro atoms. The minimum Gasteiger partial charge on any atom is -0.497 e. The lowest BCUT2D eigenvalue weighted by atomic mass is 9.96. The van der Waals surface area contributed by atoms with Crippen LogP contribution >= 0.6 is 11.6 Å². The van der Waals surface area contributed by atoms with E-state index in [0.717, 1.165) is 0 Å². The Morgan fingerprint density at radius 1 is 1.00 bits per heavy atom. The highest BCUT2D eigenvalue weighted by Crippen LogP contribution is 2.53. The molecule has 0 aromatic heterocycles. The number of ether oxygens (including phenoxy) is 1. The minimum absolute atomic E-state index is 0.241. The van der Waals surface area contributed by atoms with Crippen LogP contribution in [-0.2, 0) is 0 Å². The van der Waals surface area contributed by atoms with Crippen LogP contribution in [0.3, 0.4) is 0 Å². The van der Waals surface area contributed by atoms with Gasteiger partial charge < -0.3 is 4.74 Å². The highest BCUT2D eigenvalue weighted by Gasteiger charge is 2.47. The smallest absolute Gasteiger partial charge is 0.399 e. The maximum Gasteiger partial charge on any atom is 0.399 e. The van der Waals surface area contributed by atoms with E-state index in [4.69, 9.17) is 16.3 Å². The first kappa shape index (κ1) is 13.3. The molecule has 2 aromatic carbocycles. The van der Waals surface area contributed by atoms with Crippen molar-refractivity contribution in [3.8, 4) is 16.9 Å². The molecule has 1 aliphatic rings. The van der Waals surface area contributed by atoms with E-state index in [1.54, 1.807) is 18.2 Å². The molecule has 5 heteroatoms. The third kappa shape index (κ3) is 1.95. The van der Waals surface area contributed by atoms with Gasteiger partial charge in [-0.05, 0) is 46.5 Å². The molecule has 1 nitrogen and oxygen atoms in total. The van der Waals surface area contributed by atoms with Gasteiger partial charge in [0.2, 0.25) is 0 Å². The fourth-order valence-corrected chi connectivity index (χ4v) is 2.85. The van der Waals surface area contributed by atoms with Gasteiger partial charge in [0.25, 0.3) is 0 Å². The highest BCUT2D eigenvalue weighted by atomic mass is 35.5. The Hall–Kier alpha value is -1.68. The van der Waals surface area contributed by atoms with E-state index in [2.05, 4.69) is 0 Å². The molecule has 1 aliphatic carbocycles. The molecule has 2 aromatic rings. The van der Waals surface area contributed by atoms with E-state index >= 15 is 0 Å². The van der Waals surface area contributed by atoms with Gasteiger partial charge in [-0.2, -0.15) is 13.2 Å². The van der Waals surface area contributed by atoms with Gasteiger partial charge in [0.15, 0.2) is 0 Å². The first-order valence-corrected chi connectivity index (χ1v) is 6.34. The van der Waals surface area contributed by atoms with E-state index in [-0.39, 0.29) is 11.1 Å². The predicted octanol–water partition coefficient (Wildman–Crippen LogP) is 5.02. The zero-order valence-electron chi connectivity index (χ0n) is 10.5. The number of fused-ring (bicyclic) bond motifs is 3. The van der Waals surface area contributed by atoms with Gasteiger partial charge in [-0.1, -0.05) is 23.7 Å². The van der Waals surface area contributed by atoms with Crippen LogP contribution in [0.2, 0.25) is 5.02 Å². The van der Waals surface area contributed by atoms with Crippen molar-refractivity contribution in [3.05, 3.63) is 52.5 Å². The van der Waals surface area contributed by atoms with Crippen LogP contribution in [-0.4, -0.2) is 13.3 Å². The van der Waals surface area contributed by atoms with Crippen LogP contribution in [0.1, 0.15) is 17.0 Å². The van der Waals surface area contributed by atoms with Gasteiger partial charge in [0, 0.05) is 5.02 Å². The maximum atomic E-state index is 13.3. The normalized spacial score (nSPS) is 16.8. The second-order valence-corrected chi connectivity index (χ2v) is 5.10. The zero-order valence-corrected chi connectivity index (χ0v) is 11.2. The SMILES string of the molecule is COc1ccc2c(c1)-c1cc(Cl)ccc1C2C(F)(F)F. The lowest BCUT2D eigenvalue weighted by Gasteiger charge is -2.17. The van der Waals surface area contributed by atoms with Gasteiger partial charge in [0.05, 0.1) is 7.11 Å². The number of alkyl halides is 3. The molecule has 20 heavy (non-hydrogen) atoms. The van der Waals surface area contributed by atoms with Crippen molar-refractivity contribution in [2.75, 3.05) is 7.11 Å². The Kier molecular flexibility index (Phi) is 2.94. The van der Waals surface area contributed by atoms with Gasteiger partial charge in [-0.25, -0.2) is 0 Å². The van der Waals surface area contributed by atoms with Gasteiger partial charge in [0.1, 0.15) is 11.7 Å². The number of methoxy groups -OCH3 is 1. The molecular formula is C15H10ClF3O. The monoisotopic (exact) mass is 298 g/mol. The number of benzene rings is 2. The van der Waals surface area contributed by atoms with Crippen LogP contribution < -0.4 is 4.74 Å². The summed E-state index contributed by atoms with van der Waals surface area (Å²) in [6.07, 6.45) is -4.33. The quantitative estimate of drug-likeness (QED) is 0.718. The molecule has 0 radical (unpaired) electrons. The molecule has 0 amide bonds. The molecule has 3 rings (SSSR count). The Morgan fingerprint density at radius 3 is 2.20 bits per heavy atom.